The minimum atomic E-state index is -3.90. The average molecular weight is 457 g/mol. The van der Waals surface area contributed by atoms with E-state index in [9.17, 15) is 21.2 Å². The van der Waals surface area contributed by atoms with Crippen LogP contribution in [0.3, 0.4) is 0 Å². The first-order chi connectivity index (χ1) is 14.7. The number of nitrogens with one attached hydrogen (secondary N) is 2. The lowest BCUT2D eigenvalue weighted by atomic mass is 10.1. The molecular formula is C22H17FN2O4S2. The van der Waals surface area contributed by atoms with Crippen LogP contribution in [0.15, 0.2) is 101 Å². The van der Waals surface area contributed by atoms with Crippen LogP contribution in [0.5, 0.6) is 0 Å². The molecule has 0 aliphatic rings. The summed E-state index contributed by atoms with van der Waals surface area (Å²) in [6.45, 7) is 0. The summed E-state index contributed by atoms with van der Waals surface area (Å²) < 4.78 is 68.0. The minimum Gasteiger partial charge on any atom is -0.280 e. The second kappa shape index (κ2) is 8.01. The second-order valence-electron chi connectivity index (χ2n) is 6.75. The summed E-state index contributed by atoms with van der Waals surface area (Å²) in [7, 11) is -7.72. The fourth-order valence-corrected chi connectivity index (χ4v) is 5.13. The van der Waals surface area contributed by atoms with E-state index in [1.54, 1.807) is 12.1 Å². The van der Waals surface area contributed by atoms with Gasteiger partial charge in [0.15, 0.2) is 0 Å². The van der Waals surface area contributed by atoms with Crippen molar-refractivity contribution >= 4 is 42.2 Å². The summed E-state index contributed by atoms with van der Waals surface area (Å²) in [6, 6.07) is 22.4. The predicted octanol–water partition coefficient (Wildman–Crippen LogP) is 4.58. The number of hydrogen-bond donors (Lipinski definition) is 2. The summed E-state index contributed by atoms with van der Waals surface area (Å²) in [6.07, 6.45) is 0. The third-order valence-electron chi connectivity index (χ3n) is 4.54. The van der Waals surface area contributed by atoms with Crippen LogP contribution >= 0.6 is 0 Å². The highest BCUT2D eigenvalue weighted by Crippen LogP contribution is 2.23. The minimum absolute atomic E-state index is 0.0880. The van der Waals surface area contributed by atoms with E-state index >= 15 is 0 Å². The molecule has 4 rings (SSSR count). The molecule has 0 saturated heterocycles. The molecule has 2 N–H and O–H groups in total. The Morgan fingerprint density at radius 3 is 1.61 bits per heavy atom. The topological polar surface area (TPSA) is 92.3 Å². The highest BCUT2D eigenvalue weighted by Gasteiger charge is 2.16. The number of fused-ring (bicyclic) bond motifs is 1. The molecule has 6 nitrogen and oxygen atoms in total. The molecule has 0 aliphatic heterocycles. The van der Waals surface area contributed by atoms with E-state index in [0.29, 0.717) is 0 Å². The van der Waals surface area contributed by atoms with Gasteiger partial charge in [-0.05, 0) is 71.4 Å². The van der Waals surface area contributed by atoms with E-state index in [0.717, 1.165) is 35.0 Å². The lowest BCUT2D eigenvalue weighted by Crippen LogP contribution is -2.14. The Labute approximate surface area is 179 Å². The highest BCUT2D eigenvalue weighted by molar-refractivity contribution is 7.93. The quantitative estimate of drug-likeness (QED) is 0.444. The Bertz CT molecular complexity index is 1450. The number of hydrogen-bond acceptors (Lipinski definition) is 4. The maximum atomic E-state index is 13.0. The standard InChI is InChI=1S/C22H17FN2O4S2/c23-18-6-13-21(14-7-18)30(26,27)24-19-8-10-20(11-9-19)25-31(28,29)22-12-5-16-3-1-2-4-17(16)15-22/h1-15,24-25H. The van der Waals surface area contributed by atoms with Crippen LogP contribution in [0.4, 0.5) is 15.8 Å². The zero-order chi connectivity index (χ0) is 22.1. The lowest BCUT2D eigenvalue weighted by Gasteiger charge is -2.11. The van der Waals surface area contributed by atoms with Crippen LogP contribution in [0.2, 0.25) is 0 Å². The zero-order valence-electron chi connectivity index (χ0n) is 16.0. The van der Waals surface area contributed by atoms with Gasteiger partial charge in [0.25, 0.3) is 20.0 Å². The van der Waals surface area contributed by atoms with Gasteiger partial charge in [0.05, 0.1) is 9.79 Å². The average Bonchev–Trinajstić information content (AvgIpc) is 2.75. The van der Waals surface area contributed by atoms with Gasteiger partial charge in [-0.1, -0.05) is 30.3 Å². The predicted molar refractivity (Wildman–Crippen MR) is 118 cm³/mol. The van der Waals surface area contributed by atoms with Crippen molar-refractivity contribution in [3.63, 3.8) is 0 Å². The largest absolute Gasteiger partial charge is 0.280 e. The Balaban J connectivity index is 1.51. The highest BCUT2D eigenvalue weighted by atomic mass is 32.2. The molecular weight excluding hydrogens is 439 g/mol. The van der Waals surface area contributed by atoms with Crippen molar-refractivity contribution in [3.8, 4) is 0 Å². The first-order valence-corrected chi connectivity index (χ1v) is 12.1. The summed E-state index contributed by atoms with van der Waals surface area (Å²) in [5.74, 6) is -0.540. The van der Waals surface area contributed by atoms with Gasteiger partial charge in [-0.15, -0.1) is 0 Å². The van der Waals surface area contributed by atoms with Crippen molar-refractivity contribution in [2.45, 2.75) is 9.79 Å². The third-order valence-corrected chi connectivity index (χ3v) is 7.32. The zero-order valence-corrected chi connectivity index (χ0v) is 17.6. The van der Waals surface area contributed by atoms with Crippen molar-refractivity contribution in [1.82, 2.24) is 0 Å². The van der Waals surface area contributed by atoms with Crippen molar-refractivity contribution in [2.75, 3.05) is 9.44 Å². The molecule has 0 unspecified atom stereocenters. The monoisotopic (exact) mass is 456 g/mol. The summed E-state index contributed by atoms with van der Waals surface area (Å²) >= 11 is 0. The first-order valence-electron chi connectivity index (χ1n) is 9.13. The van der Waals surface area contributed by atoms with Crippen LogP contribution in [0.25, 0.3) is 10.8 Å². The van der Waals surface area contributed by atoms with Gasteiger partial charge in [0.1, 0.15) is 5.82 Å². The molecule has 4 aromatic carbocycles. The maximum Gasteiger partial charge on any atom is 0.261 e. The SMILES string of the molecule is O=S(=O)(Nc1ccc(NS(=O)(=O)c2ccc3ccccc3c2)cc1)c1ccc(F)cc1. The molecule has 0 atom stereocenters. The van der Waals surface area contributed by atoms with Gasteiger partial charge in [0.2, 0.25) is 0 Å². The molecule has 4 aromatic rings. The molecule has 0 saturated carbocycles. The second-order valence-corrected chi connectivity index (χ2v) is 10.1. The van der Waals surface area contributed by atoms with Crippen LogP contribution in [0.1, 0.15) is 0 Å². The normalized spacial score (nSPS) is 11.9. The molecule has 0 aromatic heterocycles. The van der Waals surface area contributed by atoms with Crippen molar-refractivity contribution < 1.29 is 21.2 Å². The van der Waals surface area contributed by atoms with Crippen molar-refractivity contribution in [2.24, 2.45) is 0 Å². The molecule has 0 radical (unpaired) electrons. The van der Waals surface area contributed by atoms with Gasteiger partial charge in [-0.3, -0.25) is 9.44 Å². The van der Waals surface area contributed by atoms with E-state index in [2.05, 4.69) is 9.44 Å². The lowest BCUT2D eigenvalue weighted by molar-refractivity contribution is 0.598. The molecule has 0 aliphatic carbocycles. The van der Waals surface area contributed by atoms with Gasteiger partial charge < -0.3 is 0 Å². The van der Waals surface area contributed by atoms with Gasteiger partial charge >= 0.3 is 0 Å². The number of rotatable bonds is 6. The molecule has 31 heavy (non-hydrogen) atoms. The third kappa shape index (κ3) is 4.68. The van der Waals surface area contributed by atoms with Crippen LogP contribution in [-0.4, -0.2) is 16.8 Å². The molecule has 0 fully saturated rings. The molecule has 0 amide bonds. The summed E-state index contributed by atoms with van der Waals surface area (Å²) in [4.78, 5) is 0.0299. The number of sulfonamides is 2. The molecule has 158 valence electrons. The molecule has 0 spiro atoms. The molecule has 0 bridgehead atoms. The summed E-state index contributed by atoms with van der Waals surface area (Å²) in [5.41, 5.74) is 0.510. The van der Waals surface area contributed by atoms with E-state index < -0.39 is 25.9 Å². The fraction of sp³-hybridized carbons (Fsp3) is 0. The Morgan fingerprint density at radius 1 is 0.548 bits per heavy atom. The van der Waals surface area contributed by atoms with E-state index in [-0.39, 0.29) is 21.2 Å². The fourth-order valence-electron chi connectivity index (χ4n) is 2.98. The van der Waals surface area contributed by atoms with Gasteiger partial charge in [-0.25, -0.2) is 21.2 Å². The smallest absolute Gasteiger partial charge is 0.261 e. The first kappa shape index (κ1) is 20.8. The van der Waals surface area contributed by atoms with E-state index in [1.165, 1.54) is 30.3 Å². The van der Waals surface area contributed by atoms with E-state index in [4.69, 9.17) is 0 Å². The van der Waals surface area contributed by atoms with Crippen molar-refractivity contribution in [1.29, 1.82) is 0 Å². The van der Waals surface area contributed by atoms with Gasteiger partial charge in [0, 0.05) is 11.4 Å². The Kier molecular flexibility index (Phi) is 5.38. The molecule has 0 heterocycles. The molecule has 9 heteroatoms. The number of anilines is 2. The van der Waals surface area contributed by atoms with E-state index in [1.807, 2.05) is 24.3 Å². The van der Waals surface area contributed by atoms with Crippen LogP contribution in [0, 0.1) is 5.82 Å². The summed E-state index contributed by atoms with van der Waals surface area (Å²) in [5, 5.41) is 1.73. The Hall–Kier alpha value is -3.43. The van der Waals surface area contributed by atoms with Gasteiger partial charge in [-0.2, -0.15) is 0 Å². The maximum absolute atomic E-state index is 13.0. The van der Waals surface area contributed by atoms with Crippen LogP contribution < -0.4 is 9.44 Å². The number of benzene rings is 4. The van der Waals surface area contributed by atoms with Crippen molar-refractivity contribution in [3.05, 3.63) is 96.8 Å². The van der Waals surface area contributed by atoms with Crippen LogP contribution in [-0.2, 0) is 20.0 Å². The number of halogens is 1. The Morgan fingerprint density at radius 2 is 1.03 bits per heavy atom.